The lowest BCUT2D eigenvalue weighted by molar-refractivity contribution is -0.126. The van der Waals surface area contributed by atoms with Gasteiger partial charge in [0, 0.05) is 31.1 Å². The summed E-state index contributed by atoms with van der Waals surface area (Å²) in [5.74, 6) is 1.01. The van der Waals surface area contributed by atoms with Crippen molar-refractivity contribution in [1.29, 1.82) is 0 Å². The van der Waals surface area contributed by atoms with Crippen LogP contribution in [0, 0.1) is 5.92 Å². The summed E-state index contributed by atoms with van der Waals surface area (Å²) in [6, 6.07) is 7.70. The fourth-order valence-electron chi connectivity index (χ4n) is 3.95. The molecule has 3 rings (SSSR count). The minimum absolute atomic E-state index is 0.0104. The van der Waals surface area contributed by atoms with Gasteiger partial charge < -0.3 is 10.2 Å². The molecule has 2 aliphatic heterocycles. The van der Waals surface area contributed by atoms with E-state index in [2.05, 4.69) is 23.6 Å². The molecule has 2 heterocycles. The number of nitrogens with one attached hydrogen (secondary N) is 1. The second-order valence-electron chi connectivity index (χ2n) is 8.17. The van der Waals surface area contributed by atoms with Crippen molar-refractivity contribution in [2.75, 3.05) is 19.6 Å². The first-order chi connectivity index (χ1) is 13.7. The molecule has 0 radical (unpaired) electrons. The number of carbonyl (C=O) groups is 1. The molecule has 2 aliphatic rings. The van der Waals surface area contributed by atoms with E-state index < -0.39 is 10.0 Å². The van der Waals surface area contributed by atoms with Crippen molar-refractivity contribution in [3.05, 3.63) is 41.0 Å². The normalized spacial score (nSPS) is 19.6. The second kappa shape index (κ2) is 8.69. The third-order valence-corrected chi connectivity index (χ3v) is 7.17. The minimum atomic E-state index is -3.72. The molecule has 1 amide bonds. The van der Waals surface area contributed by atoms with Crippen molar-refractivity contribution < 1.29 is 13.2 Å². The van der Waals surface area contributed by atoms with Crippen LogP contribution in [0.2, 0.25) is 0 Å². The molecular weight excluding hydrogens is 386 g/mol. The Bertz CT molecular complexity index is 923. The van der Waals surface area contributed by atoms with Gasteiger partial charge in [-0.05, 0) is 43.2 Å². The number of hydrogen-bond acceptors (Lipinski definition) is 4. The van der Waals surface area contributed by atoms with Crippen LogP contribution >= 0.6 is 0 Å². The molecule has 1 saturated heterocycles. The van der Waals surface area contributed by atoms with E-state index in [9.17, 15) is 13.2 Å². The fourth-order valence-corrected chi connectivity index (χ4v) is 5.43. The molecule has 7 heteroatoms. The summed E-state index contributed by atoms with van der Waals surface area (Å²) in [4.78, 5) is 14.5. The number of piperidine rings is 1. The van der Waals surface area contributed by atoms with Gasteiger partial charge in [-0.25, -0.2) is 0 Å². The lowest BCUT2D eigenvalue weighted by Crippen LogP contribution is -2.43. The van der Waals surface area contributed by atoms with Gasteiger partial charge in [-0.15, -0.1) is 4.40 Å². The SMILES string of the molecule is CCCNC(=O)C1CCN(C2=NS(=O)(=O)C(c3ccc(C(C)C)cc3)=C2C)CC1. The molecule has 158 valence electrons. The standard InChI is InChI=1S/C22H31N3O3S/c1-5-12-23-22(26)19-10-13-25(14-11-19)21-16(4)20(29(27,28)24-21)18-8-6-17(7-9-18)15(2)3/h6-9,15,19H,5,10-14H2,1-4H3,(H,23,26). The monoisotopic (exact) mass is 417 g/mol. The molecule has 0 aromatic heterocycles. The predicted molar refractivity (Wildman–Crippen MR) is 117 cm³/mol. The van der Waals surface area contributed by atoms with Crippen LogP contribution in [0.5, 0.6) is 0 Å². The zero-order valence-corrected chi connectivity index (χ0v) is 18.6. The summed E-state index contributed by atoms with van der Waals surface area (Å²) in [7, 11) is -3.72. The number of nitrogens with zero attached hydrogens (tertiary/aromatic N) is 2. The van der Waals surface area contributed by atoms with Gasteiger partial charge >= 0.3 is 0 Å². The highest BCUT2D eigenvalue weighted by Gasteiger charge is 2.35. The highest BCUT2D eigenvalue weighted by Crippen LogP contribution is 2.35. The molecule has 1 aromatic rings. The van der Waals surface area contributed by atoms with Gasteiger partial charge in [0.15, 0.2) is 0 Å². The fraction of sp³-hybridized carbons (Fsp3) is 0.545. The van der Waals surface area contributed by atoms with E-state index in [4.69, 9.17) is 0 Å². The quantitative estimate of drug-likeness (QED) is 0.795. The Labute approximate surface area is 174 Å². The zero-order chi connectivity index (χ0) is 21.2. The summed E-state index contributed by atoms with van der Waals surface area (Å²) in [6.07, 6.45) is 2.34. The Morgan fingerprint density at radius 1 is 1.21 bits per heavy atom. The van der Waals surface area contributed by atoms with Gasteiger partial charge in [-0.2, -0.15) is 8.42 Å². The number of rotatable bonds is 5. The summed E-state index contributed by atoms with van der Waals surface area (Å²) >= 11 is 0. The molecule has 0 atom stereocenters. The first-order valence-electron chi connectivity index (χ1n) is 10.4. The summed E-state index contributed by atoms with van der Waals surface area (Å²) < 4.78 is 29.7. The number of carbonyl (C=O) groups excluding carboxylic acids is 1. The van der Waals surface area contributed by atoms with Crippen molar-refractivity contribution in [2.45, 2.75) is 52.9 Å². The molecule has 29 heavy (non-hydrogen) atoms. The topological polar surface area (TPSA) is 78.8 Å². The maximum atomic E-state index is 12.8. The third-order valence-electron chi connectivity index (χ3n) is 5.69. The van der Waals surface area contributed by atoms with Crippen LogP contribution in [0.25, 0.3) is 4.91 Å². The molecule has 0 spiro atoms. The molecule has 1 N–H and O–H groups in total. The van der Waals surface area contributed by atoms with Crippen molar-refractivity contribution in [3.8, 4) is 0 Å². The maximum Gasteiger partial charge on any atom is 0.285 e. The molecule has 0 unspecified atom stereocenters. The number of amidine groups is 1. The number of hydrogen-bond donors (Lipinski definition) is 1. The van der Waals surface area contributed by atoms with Crippen LogP contribution in [0.4, 0.5) is 0 Å². The van der Waals surface area contributed by atoms with E-state index in [1.54, 1.807) is 0 Å². The molecule has 0 aliphatic carbocycles. The van der Waals surface area contributed by atoms with Crippen LogP contribution in [0.15, 0.2) is 34.2 Å². The predicted octanol–water partition coefficient (Wildman–Crippen LogP) is 3.52. The Hall–Kier alpha value is -2.15. The Morgan fingerprint density at radius 2 is 1.83 bits per heavy atom. The lowest BCUT2D eigenvalue weighted by atomic mass is 9.95. The molecule has 0 bridgehead atoms. The van der Waals surface area contributed by atoms with Crippen LogP contribution < -0.4 is 5.32 Å². The van der Waals surface area contributed by atoms with E-state index in [0.717, 1.165) is 6.42 Å². The van der Waals surface area contributed by atoms with Crippen LogP contribution in [0.3, 0.4) is 0 Å². The van der Waals surface area contributed by atoms with Crippen molar-refractivity contribution >= 4 is 26.7 Å². The van der Waals surface area contributed by atoms with E-state index in [0.29, 0.717) is 60.3 Å². The lowest BCUT2D eigenvalue weighted by Gasteiger charge is -2.32. The van der Waals surface area contributed by atoms with Crippen LogP contribution in [-0.4, -0.2) is 44.7 Å². The number of benzene rings is 1. The van der Waals surface area contributed by atoms with Gasteiger partial charge in [0.05, 0.1) is 0 Å². The van der Waals surface area contributed by atoms with Crippen molar-refractivity contribution in [3.63, 3.8) is 0 Å². The number of likely N-dealkylation sites (tertiary alicyclic amines) is 1. The van der Waals surface area contributed by atoms with Gasteiger partial charge in [0.2, 0.25) is 5.91 Å². The first kappa shape index (κ1) is 21.6. The number of amides is 1. The van der Waals surface area contributed by atoms with E-state index >= 15 is 0 Å². The van der Waals surface area contributed by atoms with Crippen molar-refractivity contribution in [1.82, 2.24) is 10.2 Å². The van der Waals surface area contributed by atoms with Gasteiger partial charge in [0.1, 0.15) is 10.7 Å². The Kier molecular flexibility index (Phi) is 6.46. The smallest absolute Gasteiger partial charge is 0.285 e. The first-order valence-corrected chi connectivity index (χ1v) is 11.9. The highest BCUT2D eigenvalue weighted by atomic mass is 32.2. The molecule has 1 aromatic carbocycles. The second-order valence-corrected chi connectivity index (χ2v) is 9.71. The maximum absolute atomic E-state index is 12.8. The van der Waals surface area contributed by atoms with Gasteiger partial charge in [-0.1, -0.05) is 45.0 Å². The largest absolute Gasteiger partial charge is 0.356 e. The third kappa shape index (κ3) is 4.55. The Balaban J connectivity index is 1.77. The molecule has 1 fully saturated rings. The molecule has 6 nitrogen and oxygen atoms in total. The van der Waals surface area contributed by atoms with E-state index in [-0.39, 0.29) is 11.8 Å². The van der Waals surface area contributed by atoms with Crippen molar-refractivity contribution in [2.24, 2.45) is 10.3 Å². The minimum Gasteiger partial charge on any atom is -0.356 e. The van der Waals surface area contributed by atoms with E-state index in [1.165, 1.54) is 5.56 Å². The van der Waals surface area contributed by atoms with Gasteiger partial charge in [0.25, 0.3) is 10.0 Å². The summed E-state index contributed by atoms with van der Waals surface area (Å²) in [5, 5.41) is 2.96. The average molecular weight is 418 g/mol. The molecule has 0 saturated carbocycles. The number of sulfonamides is 1. The molecular formula is C22H31N3O3S. The highest BCUT2D eigenvalue weighted by molar-refractivity contribution is 8.00. The van der Waals surface area contributed by atoms with E-state index in [1.807, 2.05) is 43.0 Å². The van der Waals surface area contributed by atoms with Crippen LogP contribution in [-0.2, 0) is 14.8 Å². The Morgan fingerprint density at radius 3 is 2.38 bits per heavy atom. The summed E-state index contributed by atoms with van der Waals surface area (Å²) in [6.45, 7) is 10.0. The van der Waals surface area contributed by atoms with Gasteiger partial charge in [-0.3, -0.25) is 4.79 Å². The summed E-state index contributed by atoms with van der Waals surface area (Å²) in [5.41, 5.74) is 2.54. The zero-order valence-electron chi connectivity index (χ0n) is 17.7. The van der Waals surface area contributed by atoms with Crippen LogP contribution in [0.1, 0.15) is 64.0 Å². The average Bonchev–Trinajstić information content (AvgIpc) is 2.95.